The third-order valence-electron chi connectivity index (χ3n) is 5.17. The number of rotatable bonds is 4. The van der Waals surface area contributed by atoms with E-state index in [1.54, 1.807) is 24.5 Å². The molecule has 148 valence electrons. The molecule has 1 aromatic carbocycles. The Morgan fingerprint density at radius 2 is 2.03 bits per heavy atom. The highest BCUT2D eigenvalue weighted by Gasteiger charge is 2.19. The van der Waals surface area contributed by atoms with Crippen LogP contribution < -0.4 is 5.32 Å². The van der Waals surface area contributed by atoms with Gasteiger partial charge in [-0.1, -0.05) is 11.3 Å². The quantitative estimate of drug-likeness (QED) is 0.570. The highest BCUT2D eigenvalue weighted by atomic mass is 19.1. The lowest BCUT2D eigenvalue weighted by atomic mass is 10.1. The van der Waals surface area contributed by atoms with Gasteiger partial charge in [0.15, 0.2) is 11.2 Å². The number of hydrogen-bond donors (Lipinski definition) is 1. The highest BCUT2D eigenvalue weighted by molar-refractivity contribution is 5.72. The summed E-state index contributed by atoms with van der Waals surface area (Å²) >= 11 is 0. The maximum atomic E-state index is 13.6. The molecule has 1 saturated heterocycles. The van der Waals surface area contributed by atoms with Crippen LogP contribution in [0.3, 0.4) is 0 Å². The zero-order valence-corrected chi connectivity index (χ0v) is 15.9. The summed E-state index contributed by atoms with van der Waals surface area (Å²) in [5, 5.41) is 15.8. The summed E-state index contributed by atoms with van der Waals surface area (Å²) in [7, 11) is 2.14. The Labute approximate surface area is 166 Å². The van der Waals surface area contributed by atoms with Crippen molar-refractivity contribution in [2.75, 3.05) is 25.5 Å². The monoisotopic (exact) mass is 393 g/mol. The Morgan fingerprint density at radius 1 is 1.17 bits per heavy atom. The minimum absolute atomic E-state index is 0.347. The molecule has 0 unspecified atom stereocenters. The van der Waals surface area contributed by atoms with Crippen LogP contribution in [0, 0.1) is 5.82 Å². The first-order chi connectivity index (χ1) is 14.2. The Morgan fingerprint density at radius 3 is 2.86 bits per heavy atom. The molecule has 0 aliphatic carbocycles. The van der Waals surface area contributed by atoms with Gasteiger partial charge in [0.25, 0.3) is 0 Å². The van der Waals surface area contributed by atoms with Crippen LogP contribution in [0.4, 0.5) is 16.0 Å². The topological polar surface area (TPSA) is 89.6 Å². The lowest BCUT2D eigenvalue weighted by Crippen LogP contribution is -2.31. The first kappa shape index (κ1) is 17.7. The molecule has 0 bridgehead atoms. The maximum Gasteiger partial charge on any atom is 0.229 e. The summed E-state index contributed by atoms with van der Waals surface area (Å²) in [5.74, 6) is 0.0558. The minimum Gasteiger partial charge on any atom is -0.321 e. The molecule has 0 atom stereocenters. The van der Waals surface area contributed by atoms with Gasteiger partial charge in [-0.3, -0.25) is 4.68 Å². The standard InChI is InChI=1S/C19H20FN9/c1-27-7-5-15(6-8-27)28-12-14(10-22-28)23-19-21-11-17-18(24-19)29(26-25-17)16-4-2-3-13(20)9-16/h2-4,9-12,15H,5-8H2,1H3,(H,21,23,24). The minimum atomic E-state index is -0.347. The van der Waals surface area contributed by atoms with Crippen LogP contribution in [0.1, 0.15) is 18.9 Å². The molecule has 0 saturated carbocycles. The number of benzene rings is 1. The van der Waals surface area contributed by atoms with E-state index in [1.165, 1.54) is 16.8 Å². The zero-order valence-electron chi connectivity index (χ0n) is 15.9. The van der Waals surface area contributed by atoms with Crippen molar-refractivity contribution >= 4 is 22.8 Å². The number of aromatic nitrogens is 7. The fourth-order valence-corrected chi connectivity index (χ4v) is 3.56. The van der Waals surface area contributed by atoms with Crippen molar-refractivity contribution in [3.05, 3.63) is 48.7 Å². The van der Waals surface area contributed by atoms with Crippen molar-refractivity contribution in [3.8, 4) is 5.69 Å². The Hall–Kier alpha value is -3.40. The van der Waals surface area contributed by atoms with Gasteiger partial charge in [0.2, 0.25) is 5.95 Å². The molecule has 4 heterocycles. The van der Waals surface area contributed by atoms with E-state index in [-0.39, 0.29) is 5.82 Å². The molecule has 1 aliphatic rings. The van der Waals surface area contributed by atoms with Gasteiger partial charge in [0, 0.05) is 6.20 Å². The summed E-state index contributed by atoms with van der Waals surface area (Å²) < 4.78 is 17.1. The van der Waals surface area contributed by atoms with Gasteiger partial charge in [-0.25, -0.2) is 9.37 Å². The van der Waals surface area contributed by atoms with Crippen molar-refractivity contribution in [2.45, 2.75) is 18.9 Å². The number of anilines is 2. The molecule has 0 spiro atoms. The average Bonchev–Trinajstić information content (AvgIpc) is 3.35. The number of piperidine rings is 1. The Bertz CT molecular complexity index is 1140. The summed E-state index contributed by atoms with van der Waals surface area (Å²) in [6.07, 6.45) is 7.51. The first-order valence-corrected chi connectivity index (χ1v) is 9.50. The molecule has 10 heteroatoms. The van der Waals surface area contributed by atoms with E-state index >= 15 is 0 Å². The van der Waals surface area contributed by atoms with Crippen molar-refractivity contribution in [3.63, 3.8) is 0 Å². The van der Waals surface area contributed by atoms with Gasteiger partial charge < -0.3 is 10.2 Å². The molecule has 29 heavy (non-hydrogen) atoms. The van der Waals surface area contributed by atoms with E-state index in [0.717, 1.165) is 31.6 Å². The van der Waals surface area contributed by atoms with Crippen LogP contribution in [-0.2, 0) is 0 Å². The van der Waals surface area contributed by atoms with Crippen LogP contribution in [0.5, 0.6) is 0 Å². The number of fused-ring (bicyclic) bond motifs is 1. The fraction of sp³-hybridized carbons (Fsp3) is 0.316. The lowest BCUT2D eigenvalue weighted by Gasteiger charge is -2.28. The third-order valence-corrected chi connectivity index (χ3v) is 5.17. The first-order valence-electron chi connectivity index (χ1n) is 9.50. The molecule has 4 aromatic rings. The molecule has 1 aliphatic heterocycles. The van der Waals surface area contributed by atoms with Gasteiger partial charge in [-0.15, -0.1) is 5.10 Å². The van der Waals surface area contributed by atoms with Crippen LogP contribution in [0.25, 0.3) is 16.9 Å². The normalized spacial score (nSPS) is 15.8. The molecule has 1 N–H and O–H groups in total. The number of likely N-dealkylation sites (tertiary alicyclic amines) is 1. The molecule has 0 radical (unpaired) electrons. The number of nitrogens with one attached hydrogen (secondary N) is 1. The van der Waals surface area contributed by atoms with Crippen molar-refractivity contribution in [2.24, 2.45) is 0 Å². The summed E-state index contributed by atoms with van der Waals surface area (Å²) in [4.78, 5) is 11.2. The van der Waals surface area contributed by atoms with E-state index in [2.05, 4.69) is 42.6 Å². The van der Waals surface area contributed by atoms with E-state index < -0.39 is 0 Å². The second kappa shape index (κ2) is 7.21. The van der Waals surface area contributed by atoms with Crippen LogP contribution in [0.2, 0.25) is 0 Å². The average molecular weight is 393 g/mol. The van der Waals surface area contributed by atoms with E-state index in [4.69, 9.17) is 0 Å². The highest BCUT2D eigenvalue weighted by Crippen LogP contribution is 2.23. The SMILES string of the molecule is CN1CCC(n2cc(Nc3ncc4nnn(-c5cccc(F)c5)c4n3)cn2)CC1. The maximum absolute atomic E-state index is 13.6. The van der Waals surface area contributed by atoms with Gasteiger partial charge in [-0.2, -0.15) is 14.8 Å². The van der Waals surface area contributed by atoms with Gasteiger partial charge in [0.1, 0.15) is 5.82 Å². The van der Waals surface area contributed by atoms with Crippen molar-refractivity contribution in [1.29, 1.82) is 0 Å². The zero-order chi connectivity index (χ0) is 19.8. The molecule has 3 aromatic heterocycles. The van der Waals surface area contributed by atoms with Crippen molar-refractivity contribution < 1.29 is 4.39 Å². The molecular weight excluding hydrogens is 373 g/mol. The number of halogens is 1. The van der Waals surface area contributed by atoms with Crippen molar-refractivity contribution in [1.82, 2.24) is 39.6 Å². The molecule has 5 rings (SSSR count). The summed E-state index contributed by atoms with van der Waals surface area (Å²) in [5.41, 5.74) is 2.39. The summed E-state index contributed by atoms with van der Waals surface area (Å²) in [6.45, 7) is 2.15. The van der Waals surface area contributed by atoms with E-state index in [0.29, 0.717) is 28.8 Å². The fourth-order valence-electron chi connectivity index (χ4n) is 3.56. The second-order valence-electron chi connectivity index (χ2n) is 7.25. The van der Waals surface area contributed by atoms with Crippen LogP contribution in [0.15, 0.2) is 42.9 Å². The molecule has 0 amide bonds. The number of nitrogens with zero attached hydrogens (tertiary/aromatic N) is 8. The van der Waals surface area contributed by atoms with Crippen LogP contribution in [-0.4, -0.2) is 59.8 Å². The van der Waals surface area contributed by atoms with Gasteiger partial charge in [-0.05, 0) is 51.2 Å². The predicted octanol–water partition coefficient (Wildman–Crippen LogP) is 2.56. The molecule has 9 nitrogen and oxygen atoms in total. The number of hydrogen-bond acceptors (Lipinski definition) is 7. The van der Waals surface area contributed by atoms with E-state index in [9.17, 15) is 4.39 Å². The molecule has 1 fully saturated rings. The second-order valence-corrected chi connectivity index (χ2v) is 7.25. The smallest absolute Gasteiger partial charge is 0.229 e. The largest absolute Gasteiger partial charge is 0.321 e. The van der Waals surface area contributed by atoms with Gasteiger partial charge in [0.05, 0.1) is 29.8 Å². The van der Waals surface area contributed by atoms with Gasteiger partial charge >= 0.3 is 0 Å². The summed E-state index contributed by atoms with van der Waals surface area (Å²) in [6, 6.07) is 6.54. The Balaban J connectivity index is 1.39. The lowest BCUT2D eigenvalue weighted by molar-refractivity contribution is 0.212. The van der Waals surface area contributed by atoms with Crippen LogP contribution >= 0.6 is 0 Å². The molecular formula is C19H20FN9. The third kappa shape index (κ3) is 3.54. The Kier molecular flexibility index (Phi) is 4.39. The van der Waals surface area contributed by atoms with E-state index in [1.807, 2.05) is 10.9 Å². The predicted molar refractivity (Wildman–Crippen MR) is 106 cm³/mol.